The molecule has 1 heterocycles. The smallest absolute Gasteiger partial charge is 0.220 e. The second kappa shape index (κ2) is 8.53. The highest BCUT2D eigenvalue weighted by Gasteiger charge is 2.23. The maximum atomic E-state index is 12.1. The average molecular weight is 315 g/mol. The zero-order valence-corrected chi connectivity index (χ0v) is 13.9. The number of ether oxygens (including phenoxy) is 1. The standard InChI is InChI=1S/C19H25NO3/c1-19(2,16-8-4-3-5-9-16)14-18(21)20-11-7-12-22-15-17-10-6-13-23-17/h3-6,8-10,13H,7,11-12,14-15H2,1-2H3,(H,20,21). The summed E-state index contributed by atoms with van der Waals surface area (Å²) in [4.78, 5) is 12.1. The van der Waals surface area contributed by atoms with E-state index in [-0.39, 0.29) is 11.3 Å². The lowest BCUT2D eigenvalue weighted by Gasteiger charge is -2.24. The normalized spacial score (nSPS) is 11.4. The fourth-order valence-corrected chi connectivity index (χ4v) is 2.42. The Kier molecular flexibility index (Phi) is 6.41. The van der Waals surface area contributed by atoms with Gasteiger partial charge in [-0.15, -0.1) is 0 Å². The Bertz CT molecular complexity index is 576. The molecule has 1 amide bonds. The Morgan fingerprint density at radius 1 is 1.17 bits per heavy atom. The van der Waals surface area contributed by atoms with Gasteiger partial charge in [0.05, 0.1) is 6.26 Å². The molecule has 0 radical (unpaired) electrons. The molecule has 4 nitrogen and oxygen atoms in total. The molecule has 23 heavy (non-hydrogen) atoms. The number of nitrogens with one attached hydrogen (secondary N) is 1. The second-order valence-electron chi connectivity index (χ2n) is 6.26. The van der Waals surface area contributed by atoms with Crippen LogP contribution >= 0.6 is 0 Å². The molecule has 1 N–H and O–H groups in total. The Labute approximate surface area is 137 Å². The highest BCUT2D eigenvalue weighted by Crippen LogP contribution is 2.26. The van der Waals surface area contributed by atoms with Crippen LogP contribution in [0.4, 0.5) is 0 Å². The van der Waals surface area contributed by atoms with Crippen molar-refractivity contribution in [2.75, 3.05) is 13.2 Å². The molecule has 2 aromatic rings. The zero-order chi connectivity index (χ0) is 16.5. The van der Waals surface area contributed by atoms with E-state index in [1.807, 2.05) is 30.3 Å². The number of hydrogen-bond acceptors (Lipinski definition) is 3. The molecule has 4 heteroatoms. The number of benzene rings is 1. The molecule has 0 aliphatic rings. The van der Waals surface area contributed by atoms with Gasteiger partial charge in [-0.05, 0) is 29.5 Å². The van der Waals surface area contributed by atoms with Crippen molar-refractivity contribution in [3.8, 4) is 0 Å². The highest BCUT2D eigenvalue weighted by atomic mass is 16.5. The van der Waals surface area contributed by atoms with Crippen LogP contribution in [-0.4, -0.2) is 19.1 Å². The summed E-state index contributed by atoms with van der Waals surface area (Å²) in [7, 11) is 0. The van der Waals surface area contributed by atoms with Gasteiger partial charge in [-0.2, -0.15) is 0 Å². The number of hydrogen-bond donors (Lipinski definition) is 1. The SMILES string of the molecule is CC(C)(CC(=O)NCCCOCc1ccco1)c1ccccc1. The summed E-state index contributed by atoms with van der Waals surface area (Å²) in [6, 6.07) is 13.9. The van der Waals surface area contributed by atoms with Gasteiger partial charge < -0.3 is 14.5 Å². The molecule has 124 valence electrons. The largest absolute Gasteiger partial charge is 0.467 e. The third-order valence-electron chi connectivity index (χ3n) is 3.77. The minimum absolute atomic E-state index is 0.0740. The van der Waals surface area contributed by atoms with E-state index < -0.39 is 0 Å². The summed E-state index contributed by atoms with van der Waals surface area (Å²) < 4.78 is 10.7. The molecule has 0 bridgehead atoms. The summed E-state index contributed by atoms with van der Waals surface area (Å²) in [6.45, 7) is 5.88. The lowest BCUT2D eigenvalue weighted by molar-refractivity contribution is -0.122. The van der Waals surface area contributed by atoms with Crippen LogP contribution in [0.2, 0.25) is 0 Å². The fourth-order valence-electron chi connectivity index (χ4n) is 2.42. The van der Waals surface area contributed by atoms with Crippen LogP contribution in [0.15, 0.2) is 53.1 Å². The number of rotatable bonds is 9. The van der Waals surface area contributed by atoms with E-state index in [9.17, 15) is 4.79 Å². The predicted molar refractivity (Wildman–Crippen MR) is 90.1 cm³/mol. The van der Waals surface area contributed by atoms with E-state index >= 15 is 0 Å². The first kappa shape index (κ1) is 17.3. The number of furan rings is 1. The lowest BCUT2D eigenvalue weighted by atomic mass is 9.81. The van der Waals surface area contributed by atoms with Gasteiger partial charge in [0.1, 0.15) is 12.4 Å². The van der Waals surface area contributed by atoms with Gasteiger partial charge in [-0.3, -0.25) is 4.79 Å². The quantitative estimate of drug-likeness (QED) is 0.718. The van der Waals surface area contributed by atoms with Crippen LogP contribution < -0.4 is 5.32 Å². The Morgan fingerprint density at radius 3 is 2.65 bits per heavy atom. The maximum absolute atomic E-state index is 12.1. The van der Waals surface area contributed by atoms with Gasteiger partial charge in [0, 0.05) is 19.6 Å². The van der Waals surface area contributed by atoms with Crippen molar-refractivity contribution < 1.29 is 13.9 Å². The van der Waals surface area contributed by atoms with Gasteiger partial charge in [0.2, 0.25) is 5.91 Å². The zero-order valence-electron chi connectivity index (χ0n) is 13.9. The van der Waals surface area contributed by atoms with Crippen molar-refractivity contribution in [1.82, 2.24) is 5.32 Å². The van der Waals surface area contributed by atoms with E-state index in [1.165, 1.54) is 5.56 Å². The Morgan fingerprint density at radius 2 is 1.96 bits per heavy atom. The number of carbonyl (C=O) groups excluding carboxylic acids is 1. The second-order valence-corrected chi connectivity index (χ2v) is 6.26. The summed E-state index contributed by atoms with van der Waals surface area (Å²) in [5.74, 6) is 0.892. The molecule has 0 atom stereocenters. The molecular weight excluding hydrogens is 290 g/mol. The average Bonchev–Trinajstić information content (AvgIpc) is 3.04. The first-order chi connectivity index (χ1) is 11.1. The van der Waals surface area contributed by atoms with E-state index in [0.717, 1.165) is 12.2 Å². The van der Waals surface area contributed by atoms with E-state index in [4.69, 9.17) is 9.15 Å². The van der Waals surface area contributed by atoms with Crippen molar-refractivity contribution in [3.05, 3.63) is 60.1 Å². The van der Waals surface area contributed by atoms with Crippen molar-refractivity contribution in [2.24, 2.45) is 0 Å². The monoisotopic (exact) mass is 315 g/mol. The highest BCUT2D eigenvalue weighted by molar-refractivity contribution is 5.77. The van der Waals surface area contributed by atoms with Crippen LogP contribution in [-0.2, 0) is 21.6 Å². The minimum atomic E-state index is -0.166. The van der Waals surface area contributed by atoms with Gasteiger partial charge in [-0.25, -0.2) is 0 Å². The van der Waals surface area contributed by atoms with Gasteiger partial charge in [0.15, 0.2) is 0 Å². The van der Waals surface area contributed by atoms with Crippen LogP contribution in [0.25, 0.3) is 0 Å². The topological polar surface area (TPSA) is 51.5 Å². The summed E-state index contributed by atoms with van der Waals surface area (Å²) >= 11 is 0. The van der Waals surface area contributed by atoms with Crippen molar-refractivity contribution in [1.29, 1.82) is 0 Å². The van der Waals surface area contributed by atoms with Gasteiger partial charge >= 0.3 is 0 Å². The molecule has 0 fully saturated rings. The molecule has 1 aromatic carbocycles. The first-order valence-corrected chi connectivity index (χ1v) is 8.00. The summed E-state index contributed by atoms with van der Waals surface area (Å²) in [5.41, 5.74) is 1.01. The number of amides is 1. The van der Waals surface area contributed by atoms with E-state index in [2.05, 4.69) is 31.3 Å². The minimum Gasteiger partial charge on any atom is -0.467 e. The third-order valence-corrected chi connectivity index (χ3v) is 3.77. The van der Waals surface area contributed by atoms with Crippen molar-refractivity contribution in [3.63, 3.8) is 0 Å². The van der Waals surface area contributed by atoms with Crippen molar-refractivity contribution >= 4 is 5.91 Å². The van der Waals surface area contributed by atoms with Gasteiger partial charge in [0.25, 0.3) is 0 Å². The van der Waals surface area contributed by atoms with Crippen LogP contribution in [0.5, 0.6) is 0 Å². The summed E-state index contributed by atoms with van der Waals surface area (Å²) in [5, 5.41) is 2.96. The molecule has 0 spiro atoms. The third kappa shape index (κ3) is 5.91. The molecule has 0 saturated heterocycles. The fraction of sp³-hybridized carbons (Fsp3) is 0.421. The van der Waals surface area contributed by atoms with E-state index in [0.29, 0.717) is 26.2 Å². The van der Waals surface area contributed by atoms with Crippen LogP contribution in [0, 0.1) is 0 Å². The maximum Gasteiger partial charge on any atom is 0.220 e. The Hall–Kier alpha value is -2.07. The molecular formula is C19H25NO3. The summed E-state index contributed by atoms with van der Waals surface area (Å²) in [6.07, 6.45) is 2.90. The molecule has 0 unspecified atom stereocenters. The predicted octanol–water partition coefficient (Wildman–Crippen LogP) is 3.67. The first-order valence-electron chi connectivity index (χ1n) is 8.00. The molecule has 0 saturated carbocycles. The van der Waals surface area contributed by atoms with Crippen LogP contribution in [0.3, 0.4) is 0 Å². The molecule has 0 aliphatic heterocycles. The molecule has 1 aromatic heterocycles. The Balaban J connectivity index is 1.61. The van der Waals surface area contributed by atoms with Gasteiger partial charge in [-0.1, -0.05) is 44.2 Å². The van der Waals surface area contributed by atoms with Crippen molar-refractivity contribution in [2.45, 2.75) is 38.7 Å². The molecule has 0 aliphatic carbocycles. The lowest BCUT2D eigenvalue weighted by Crippen LogP contribution is -2.32. The number of carbonyl (C=O) groups is 1. The molecule has 2 rings (SSSR count). The van der Waals surface area contributed by atoms with E-state index in [1.54, 1.807) is 6.26 Å². The van der Waals surface area contributed by atoms with Crippen LogP contribution in [0.1, 0.15) is 38.0 Å².